The number of halogens is 1. The average molecular weight is 377 g/mol. The second kappa shape index (κ2) is 6.60. The van der Waals surface area contributed by atoms with Gasteiger partial charge >= 0.3 is 0 Å². The molecule has 2 rings (SSSR count). The summed E-state index contributed by atoms with van der Waals surface area (Å²) in [5.74, 6) is 0.0737. The van der Waals surface area contributed by atoms with Crippen molar-refractivity contribution < 1.29 is 5.21 Å². The van der Waals surface area contributed by atoms with Crippen molar-refractivity contribution in [3.05, 3.63) is 28.2 Å². The molecule has 0 unspecified atom stereocenters. The smallest absolute Gasteiger partial charge is 0.179 e. The Labute approximate surface area is 130 Å². The van der Waals surface area contributed by atoms with Gasteiger partial charge in [0.2, 0.25) is 0 Å². The van der Waals surface area contributed by atoms with Crippen LogP contribution < -0.4 is 5.73 Å². The number of thioether (sulfide) groups is 1. The number of nitrogens with two attached hydrogens (primary N) is 1. The minimum Gasteiger partial charge on any atom is -0.409 e. The molecule has 1 aromatic carbocycles. The molecule has 0 spiro atoms. The summed E-state index contributed by atoms with van der Waals surface area (Å²) in [6, 6.07) is 5.53. The van der Waals surface area contributed by atoms with Crippen LogP contribution in [0, 0.1) is 0 Å². The molecular formula is C10H9BrN4OS3. The summed E-state index contributed by atoms with van der Waals surface area (Å²) in [6.45, 7) is 0. The van der Waals surface area contributed by atoms with E-state index in [-0.39, 0.29) is 5.84 Å². The van der Waals surface area contributed by atoms with Crippen molar-refractivity contribution in [3.8, 4) is 0 Å². The maximum atomic E-state index is 8.80. The zero-order valence-electron chi connectivity index (χ0n) is 9.70. The average Bonchev–Trinajstić information content (AvgIpc) is 2.86. The Kier molecular flexibility index (Phi) is 5.08. The highest BCUT2D eigenvalue weighted by Gasteiger charge is 2.12. The summed E-state index contributed by atoms with van der Waals surface area (Å²) in [6.07, 6.45) is 1.95. The molecule has 0 aliphatic rings. The Balaban J connectivity index is 2.35. The fourth-order valence-corrected chi connectivity index (χ4v) is 4.35. The lowest BCUT2D eigenvalue weighted by molar-refractivity contribution is 0.318. The minimum absolute atomic E-state index is 0.0737. The maximum absolute atomic E-state index is 8.80. The monoisotopic (exact) mass is 376 g/mol. The van der Waals surface area contributed by atoms with Gasteiger partial charge in [-0.25, -0.2) is 0 Å². The van der Waals surface area contributed by atoms with Crippen LogP contribution in [0.4, 0.5) is 0 Å². The maximum Gasteiger partial charge on any atom is 0.179 e. The summed E-state index contributed by atoms with van der Waals surface area (Å²) in [5, 5.41) is 20.0. The highest BCUT2D eigenvalue weighted by Crippen LogP contribution is 2.35. The highest BCUT2D eigenvalue weighted by atomic mass is 79.9. The molecule has 0 aliphatic heterocycles. The van der Waals surface area contributed by atoms with Gasteiger partial charge in [0.05, 0.1) is 0 Å². The fourth-order valence-electron chi connectivity index (χ4n) is 1.26. The number of oxime groups is 1. The largest absolute Gasteiger partial charge is 0.409 e. The van der Waals surface area contributed by atoms with Crippen molar-refractivity contribution in [2.24, 2.45) is 10.9 Å². The van der Waals surface area contributed by atoms with Crippen LogP contribution in [0.5, 0.6) is 0 Å². The molecule has 0 radical (unpaired) electrons. The predicted molar refractivity (Wildman–Crippen MR) is 82.5 cm³/mol. The first-order valence-electron chi connectivity index (χ1n) is 4.97. The predicted octanol–water partition coefficient (Wildman–Crippen LogP) is 3.27. The number of nitrogens with zero attached hydrogens (tertiary/aromatic N) is 3. The van der Waals surface area contributed by atoms with Crippen LogP contribution in [0.25, 0.3) is 0 Å². The second-order valence-corrected chi connectivity index (χ2v) is 7.50. The summed E-state index contributed by atoms with van der Waals surface area (Å²) >= 11 is 7.90. The molecule has 1 heterocycles. The summed E-state index contributed by atoms with van der Waals surface area (Å²) in [7, 11) is 0. The van der Waals surface area contributed by atoms with Gasteiger partial charge < -0.3 is 10.9 Å². The molecule has 0 amide bonds. The van der Waals surface area contributed by atoms with Crippen LogP contribution in [0.1, 0.15) is 5.56 Å². The van der Waals surface area contributed by atoms with Crippen LogP contribution in [0.3, 0.4) is 0 Å². The lowest BCUT2D eigenvalue weighted by Gasteiger charge is -2.06. The van der Waals surface area contributed by atoms with Gasteiger partial charge in [-0.2, -0.15) is 0 Å². The van der Waals surface area contributed by atoms with Gasteiger partial charge in [-0.3, -0.25) is 0 Å². The van der Waals surface area contributed by atoms with E-state index in [2.05, 4.69) is 31.3 Å². The number of aromatic nitrogens is 2. The number of rotatable bonds is 4. The molecule has 100 valence electrons. The van der Waals surface area contributed by atoms with E-state index < -0.39 is 0 Å². The Hall–Kier alpha value is -0.770. The minimum atomic E-state index is 0.0737. The third-order valence-electron chi connectivity index (χ3n) is 2.09. The Bertz CT molecular complexity index is 617. The van der Waals surface area contributed by atoms with E-state index in [0.717, 1.165) is 18.0 Å². The quantitative estimate of drug-likeness (QED) is 0.280. The van der Waals surface area contributed by atoms with Gasteiger partial charge in [-0.1, -0.05) is 55.9 Å². The van der Waals surface area contributed by atoms with Gasteiger partial charge in [-0.05, 0) is 24.5 Å². The van der Waals surface area contributed by atoms with Crippen molar-refractivity contribution in [3.63, 3.8) is 0 Å². The zero-order chi connectivity index (χ0) is 13.8. The number of hydrogen-bond donors (Lipinski definition) is 2. The normalized spacial score (nSPS) is 11.8. The molecule has 0 fully saturated rings. The molecule has 0 aliphatic carbocycles. The molecule has 9 heteroatoms. The van der Waals surface area contributed by atoms with Crippen LogP contribution >= 0.6 is 50.8 Å². The fraction of sp³-hybridized carbons (Fsp3) is 0.100. The first kappa shape index (κ1) is 14.6. The topological polar surface area (TPSA) is 84.4 Å². The van der Waals surface area contributed by atoms with Gasteiger partial charge in [0, 0.05) is 14.9 Å². The molecule has 0 saturated carbocycles. The van der Waals surface area contributed by atoms with E-state index in [1.807, 2.05) is 18.4 Å². The van der Waals surface area contributed by atoms with E-state index in [1.165, 1.54) is 23.1 Å². The standard InChI is InChI=1S/C10H9BrN4OS3/c1-17-9-13-14-10(19-9)18-7-4-5(11)2-3-6(7)8(12)15-16/h2-4,16H,1H3,(H2,12,15). The molecule has 3 N–H and O–H groups in total. The summed E-state index contributed by atoms with van der Waals surface area (Å²) < 4.78 is 2.64. The lowest BCUT2D eigenvalue weighted by atomic mass is 10.2. The Morgan fingerprint density at radius 2 is 2.16 bits per heavy atom. The van der Waals surface area contributed by atoms with Crippen LogP contribution in [-0.2, 0) is 0 Å². The van der Waals surface area contributed by atoms with E-state index in [1.54, 1.807) is 17.8 Å². The van der Waals surface area contributed by atoms with Gasteiger partial charge in [0.25, 0.3) is 0 Å². The Morgan fingerprint density at radius 1 is 1.42 bits per heavy atom. The van der Waals surface area contributed by atoms with E-state index in [4.69, 9.17) is 10.9 Å². The number of amidine groups is 1. The molecule has 0 bridgehead atoms. The van der Waals surface area contributed by atoms with E-state index in [9.17, 15) is 0 Å². The number of hydrogen-bond acceptors (Lipinski definition) is 7. The van der Waals surface area contributed by atoms with Crippen molar-refractivity contribution in [2.75, 3.05) is 6.26 Å². The number of benzene rings is 1. The van der Waals surface area contributed by atoms with E-state index >= 15 is 0 Å². The SMILES string of the molecule is CSc1nnc(Sc2cc(Br)ccc2/C(N)=N/O)s1. The van der Waals surface area contributed by atoms with E-state index in [0.29, 0.717) is 5.56 Å². The second-order valence-electron chi connectivity index (χ2n) is 3.27. The summed E-state index contributed by atoms with van der Waals surface area (Å²) in [5.41, 5.74) is 6.33. The molecular weight excluding hydrogens is 368 g/mol. The molecule has 1 aromatic heterocycles. The molecule has 0 saturated heterocycles. The molecule has 19 heavy (non-hydrogen) atoms. The molecule has 2 aromatic rings. The van der Waals surface area contributed by atoms with Gasteiger partial charge in [0.15, 0.2) is 14.5 Å². The van der Waals surface area contributed by atoms with Crippen LogP contribution in [0.15, 0.2) is 41.4 Å². The van der Waals surface area contributed by atoms with Crippen LogP contribution in [0.2, 0.25) is 0 Å². The van der Waals surface area contributed by atoms with Gasteiger partial charge in [0.1, 0.15) is 0 Å². The third kappa shape index (κ3) is 3.62. The lowest BCUT2D eigenvalue weighted by Crippen LogP contribution is -2.14. The molecule has 5 nitrogen and oxygen atoms in total. The van der Waals surface area contributed by atoms with Crippen molar-refractivity contribution >= 4 is 56.6 Å². The zero-order valence-corrected chi connectivity index (χ0v) is 13.7. The Morgan fingerprint density at radius 3 is 2.79 bits per heavy atom. The summed E-state index contributed by atoms with van der Waals surface area (Å²) in [4.78, 5) is 0.855. The third-order valence-corrected chi connectivity index (χ3v) is 5.59. The molecule has 0 atom stereocenters. The highest BCUT2D eigenvalue weighted by molar-refractivity contribution is 9.10. The van der Waals surface area contributed by atoms with Crippen molar-refractivity contribution in [1.82, 2.24) is 10.2 Å². The first-order chi connectivity index (χ1) is 9.13. The van der Waals surface area contributed by atoms with Gasteiger partial charge in [-0.15, -0.1) is 10.2 Å². The van der Waals surface area contributed by atoms with Crippen molar-refractivity contribution in [2.45, 2.75) is 13.6 Å². The first-order valence-corrected chi connectivity index (χ1v) is 8.62. The van der Waals surface area contributed by atoms with Crippen molar-refractivity contribution in [1.29, 1.82) is 0 Å². The van der Waals surface area contributed by atoms with Crippen LogP contribution in [-0.4, -0.2) is 27.5 Å².